The van der Waals surface area contributed by atoms with Crippen LogP contribution in [0.4, 0.5) is 5.82 Å². The van der Waals surface area contributed by atoms with E-state index in [1.54, 1.807) is 0 Å². The van der Waals surface area contributed by atoms with Crippen molar-refractivity contribution in [3.63, 3.8) is 0 Å². The predicted octanol–water partition coefficient (Wildman–Crippen LogP) is 2.10. The second-order valence-corrected chi connectivity index (χ2v) is 4.07. The summed E-state index contributed by atoms with van der Waals surface area (Å²) in [7, 11) is 0. The Morgan fingerprint density at radius 3 is 2.73 bits per heavy atom. The van der Waals surface area contributed by atoms with Gasteiger partial charge in [0.15, 0.2) is 0 Å². The molecule has 0 aliphatic heterocycles. The Hall–Kier alpha value is -0.800. The number of aromatic nitrogens is 1. The molecule has 0 unspecified atom stereocenters. The maximum atomic E-state index is 5.97. The minimum atomic E-state index is 0. The molecule has 1 aliphatic rings. The number of pyridine rings is 1. The van der Waals surface area contributed by atoms with Gasteiger partial charge in [-0.1, -0.05) is 6.07 Å². The van der Waals surface area contributed by atoms with E-state index >= 15 is 0 Å². The van der Waals surface area contributed by atoms with E-state index in [9.17, 15) is 0 Å². The molecule has 3 N–H and O–H groups in total. The van der Waals surface area contributed by atoms with Crippen LogP contribution >= 0.6 is 12.4 Å². The quantitative estimate of drug-likeness (QED) is 0.814. The first-order valence-electron chi connectivity index (χ1n) is 5.20. The van der Waals surface area contributed by atoms with E-state index in [0.29, 0.717) is 6.04 Å². The van der Waals surface area contributed by atoms with Crippen LogP contribution in [-0.2, 0) is 0 Å². The Balaban J connectivity index is 0.00000112. The fourth-order valence-corrected chi connectivity index (χ4v) is 1.91. The van der Waals surface area contributed by atoms with E-state index in [2.05, 4.69) is 16.4 Å². The first kappa shape index (κ1) is 12.3. The van der Waals surface area contributed by atoms with Crippen LogP contribution < -0.4 is 11.1 Å². The Morgan fingerprint density at radius 2 is 2.20 bits per heavy atom. The van der Waals surface area contributed by atoms with Crippen molar-refractivity contribution in [1.29, 1.82) is 0 Å². The number of hydrogen-bond donors (Lipinski definition) is 2. The highest BCUT2D eigenvalue weighted by atomic mass is 35.5. The molecule has 0 saturated heterocycles. The van der Waals surface area contributed by atoms with Crippen LogP contribution in [0, 0.1) is 6.92 Å². The van der Waals surface area contributed by atoms with Gasteiger partial charge in [-0.15, -0.1) is 12.4 Å². The number of rotatable bonds is 2. The molecule has 4 heteroatoms. The fraction of sp³-hybridized carbons (Fsp3) is 0.545. The van der Waals surface area contributed by atoms with E-state index in [4.69, 9.17) is 5.73 Å². The number of anilines is 1. The zero-order chi connectivity index (χ0) is 9.97. The van der Waals surface area contributed by atoms with Crippen LogP contribution in [0.3, 0.4) is 0 Å². The van der Waals surface area contributed by atoms with E-state index in [1.807, 2.05) is 19.2 Å². The molecule has 1 saturated carbocycles. The zero-order valence-corrected chi connectivity index (χ0v) is 9.76. The summed E-state index contributed by atoms with van der Waals surface area (Å²) in [5.41, 5.74) is 7.15. The highest BCUT2D eigenvalue weighted by Gasteiger charge is 2.23. The van der Waals surface area contributed by atoms with Crippen molar-refractivity contribution in [2.24, 2.45) is 5.73 Å². The van der Waals surface area contributed by atoms with E-state index in [1.165, 1.54) is 12.0 Å². The summed E-state index contributed by atoms with van der Waals surface area (Å²) in [6.07, 6.45) is 5.40. The van der Waals surface area contributed by atoms with Gasteiger partial charge in [0.05, 0.1) is 0 Å². The van der Waals surface area contributed by atoms with Gasteiger partial charge < -0.3 is 11.1 Å². The minimum absolute atomic E-state index is 0. The molecule has 1 aliphatic carbocycles. The van der Waals surface area contributed by atoms with E-state index in [-0.39, 0.29) is 18.4 Å². The molecule has 0 aromatic carbocycles. The minimum Gasteiger partial charge on any atom is -0.366 e. The van der Waals surface area contributed by atoms with Gasteiger partial charge in [-0.05, 0) is 37.8 Å². The lowest BCUT2D eigenvalue weighted by Gasteiger charge is -2.17. The van der Waals surface area contributed by atoms with Crippen molar-refractivity contribution >= 4 is 18.2 Å². The molecule has 1 heterocycles. The van der Waals surface area contributed by atoms with Gasteiger partial charge in [0, 0.05) is 18.3 Å². The topological polar surface area (TPSA) is 50.9 Å². The third kappa shape index (κ3) is 3.08. The first-order chi connectivity index (χ1) is 6.75. The Kier molecular flexibility index (Phi) is 4.36. The predicted molar refractivity (Wildman–Crippen MR) is 65.5 cm³/mol. The van der Waals surface area contributed by atoms with Crippen molar-refractivity contribution < 1.29 is 0 Å². The van der Waals surface area contributed by atoms with Crippen molar-refractivity contribution in [3.8, 4) is 0 Å². The summed E-state index contributed by atoms with van der Waals surface area (Å²) >= 11 is 0. The average molecular weight is 228 g/mol. The molecular weight excluding hydrogens is 210 g/mol. The summed E-state index contributed by atoms with van der Waals surface area (Å²) in [6, 6.07) is 4.78. The van der Waals surface area contributed by atoms with Gasteiger partial charge in [-0.25, -0.2) is 4.98 Å². The molecule has 0 spiro atoms. The standard InChI is InChI=1S/C11H17N3.ClH/c1-8-5-6-11(13-7-8)14-10-4-2-3-9(10)12;/h5-7,9-10H,2-4,12H2,1H3,(H,13,14);1H/t9-,10-;/m0./s1. The van der Waals surface area contributed by atoms with Gasteiger partial charge in [0.2, 0.25) is 0 Å². The average Bonchev–Trinajstić information content (AvgIpc) is 2.56. The van der Waals surface area contributed by atoms with E-state index in [0.717, 1.165) is 18.7 Å². The molecule has 2 rings (SSSR count). The van der Waals surface area contributed by atoms with Crippen LogP contribution in [0.15, 0.2) is 18.3 Å². The van der Waals surface area contributed by atoms with E-state index < -0.39 is 0 Å². The zero-order valence-electron chi connectivity index (χ0n) is 8.94. The normalized spacial score (nSPS) is 24.7. The number of nitrogens with two attached hydrogens (primary N) is 1. The van der Waals surface area contributed by atoms with Crippen LogP contribution in [0.25, 0.3) is 0 Å². The third-order valence-electron chi connectivity index (χ3n) is 2.81. The molecule has 1 fully saturated rings. The van der Waals surface area contributed by atoms with Crippen LogP contribution in [0.2, 0.25) is 0 Å². The lowest BCUT2D eigenvalue weighted by atomic mass is 10.2. The van der Waals surface area contributed by atoms with Gasteiger partial charge in [-0.2, -0.15) is 0 Å². The molecule has 1 aromatic heterocycles. The molecule has 3 nitrogen and oxygen atoms in total. The summed E-state index contributed by atoms with van der Waals surface area (Å²) in [5, 5.41) is 3.38. The van der Waals surface area contributed by atoms with Crippen LogP contribution in [-0.4, -0.2) is 17.1 Å². The fourth-order valence-electron chi connectivity index (χ4n) is 1.91. The maximum Gasteiger partial charge on any atom is 0.126 e. The summed E-state index contributed by atoms with van der Waals surface area (Å²) in [5.74, 6) is 0.943. The SMILES string of the molecule is Cc1ccc(N[C@H]2CCC[C@@H]2N)nc1.Cl. The van der Waals surface area contributed by atoms with Gasteiger partial charge in [0.1, 0.15) is 5.82 Å². The third-order valence-corrected chi connectivity index (χ3v) is 2.81. The number of nitrogens with zero attached hydrogens (tertiary/aromatic N) is 1. The molecule has 0 radical (unpaired) electrons. The number of hydrogen-bond acceptors (Lipinski definition) is 3. The van der Waals surface area contributed by atoms with Crippen molar-refractivity contribution in [2.45, 2.75) is 38.3 Å². The van der Waals surface area contributed by atoms with Crippen molar-refractivity contribution in [3.05, 3.63) is 23.9 Å². The maximum absolute atomic E-state index is 5.97. The number of aryl methyl sites for hydroxylation is 1. The van der Waals surface area contributed by atoms with Gasteiger partial charge in [-0.3, -0.25) is 0 Å². The second kappa shape index (κ2) is 5.33. The summed E-state index contributed by atoms with van der Waals surface area (Å²) < 4.78 is 0. The Labute approximate surface area is 96.9 Å². The highest BCUT2D eigenvalue weighted by molar-refractivity contribution is 5.85. The smallest absolute Gasteiger partial charge is 0.126 e. The number of nitrogens with one attached hydrogen (secondary N) is 1. The molecule has 15 heavy (non-hydrogen) atoms. The molecule has 0 bridgehead atoms. The second-order valence-electron chi connectivity index (χ2n) is 4.07. The monoisotopic (exact) mass is 227 g/mol. The van der Waals surface area contributed by atoms with Crippen LogP contribution in [0.5, 0.6) is 0 Å². The van der Waals surface area contributed by atoms with Crippen LogP contribution in [0.1, 0.15) is 24.8 Å². The molecule has 0 amide bonds. The summed E-state index contributed by atoms with van der Waals surface area (Å²) in [4.78, 5) is 4.31. The molecule has 1 aromatic rings. The highest BCUT2D eigenvalue weighted by Crippen LogP contribution is 2.20. The lowest BCUT2D eigenvalue weighted by Crippen LogP contribution is -2.35. The Bertz CT molecular complexity index is 299. The largest absolute Gasteiger partial charge is 0.366 e. The molecule has 2 atom stereocenters. The van der Waals surface area contributed by atoms with Crippen molar-refractivity contribution in [2.75, 3.05) is 5.32 Å². The van der Waals surface area contributed by atoms with Gasteiger partial charge >= 0.3 is 0 Å². The Morgan fingerprint density at radius 1 is 1.40 bits per heavy atom. The van der Waals surface area contributed by atoms with Crippen molar-refractivity contribution in [1.82, 2.24) is 4.98 Å². The summed E-state index contributed by atoms with van der Waals surface area (Å²) in [6.45, 7) is 2.04. The first-order valence-corrected chi connectivity index (χ1v) is 5.20. The lowest BCUT2D eigenvalue weighted by molar-refractivity contribution is 0.635. The molecular formula is C11H18ClN3. The van der Waals surface area contributed by atoms with Gasteiger partial charge in [0.25, 0.3) is 0 Å². The number of halogens is 1. The molecule has 84 valence electrons.